The molecule has 0 aromatic carbocycles. The summed E-state index contributed by atoms with van der Waals surface area (Å²) in [5.74, 6) is 0.620. The SMILES string of the molecule is CCOCC1CCCN(C(=O)CC(CN)OC)C1. The van der Waals surface area contributed by atoms with Crippen LogP contribution < -0.4 is 5.73 Å². The lowest BCUT2D eigenvalue weighted by atomic mass is 9.98. The maximum absolute atomic E-state index is 12.1. The highest BCUT2D eigenvalue weighted by atomic mass is 16.5. The Hall–Kier alpha value is -0.650. The van der Waals surface area contributed by atoms with Crippen molar-refractivity contribution in [2.75, 3.05) is 40.0 Å². The lowest BCUT2D eigenvalue weighted by molar-refractivity contribution is -0.135. The molecule has 0 saturated carbocycles. The Morgan fingerprint density at radius 1 is 1.56 bits per heavy atom. The quantitative estimate of drug-likeness (QED) is 0.727. The van der Waals surface area contributed by atoms with Gasteiger partial charge in [-0.05, 0) is 25.7 Å². The first kappa shape index (κ1) is 15.4. The largest absolute Gasteiger partial charge is 0.381 e. The second kappa shape index (κ2) is 8.45. The van der Waals surface area contributed by atoms with Crippen LogP contribution in [0.1, 0.15) is 26.2 Å². The summed E-state index contributed by atoms with van der Waals surface area (Å²) < 4.78 is 10.6. The van der Waals surface area contributed by atoms with Gasteiger partial charge in [0.1, 0.15) is 0 Å². The van der Waals surface area contributed by atoms with Gasteiger partial charge in [-0.15, -0.1) is 0 Å². The Bertz CT molecular complexity index is 244. The Balaban J connectivity index is 2.37. The molecule has 1 amide bonds. The molecule has 0 aromatic rings. The number of hydrogen-bond donors (Lipinski definition) is 1. The van der Waals surface area contributed by atoms with Gasteiger partial charge in [-0.2, -0.15) is 0 Å². The van der Waals surface area contributed by atoms with Gasteiger partial charge < -0.3 is 20.1 Å². The van der Waals surface area contributed by atoms with E-state index in [4.69, 9.17) is 15.2 Å². The van der Waals surface area contributed by atoms with Crippen LogP contribution >= 0.6 is 0 Å². The summed E-state index contributed by atoms with van der Waals surface area (Å²) in [6.07, 6.45) is 2.43. The first-order valence-electron chi connectivity index (χ1n) is 6.79. The summed E-state index contributed by atoms with van der Waals surface area (Å²) in [6, 6.07) is 0. The third-order valence-corrected chi connectivity index (χ3v) is 3.43. The van der Waals surface area contributed by atoms with E-state index in [1.165, 1.54) is 0 Å². The first-order chi connectivity index (χ1) is 8.71. The van der Waals surface area contributed by atoms with Crippen LogP contribution in [-0.4, -0.2) is 56.9 Å². The standard InChI is InChI=1S/C13H26N2O3/c1-3-18-10-11-5-4-6-15(9-11)13(16)7-12(8-14)17-2/h11-12H,3-10,14H2,1-2H3. The molecule has 5 nitrogen and oxygen atoms in total. The highest BCUT2D eigenvalue weighted by molar-refractivity contribution is 5.76. The fourth-order valence-corrected chi connectivity index (χ4v) is 2.30. The predicted molar refractivity (Wildman–Crippen MR) is 70.3 cm³/mol. The highest BCUT2D eigenvalue weighted by Crippen LogP contribution is 2.18. The lowest BCUT2D eigenvalue weighted by Crippen LogP contribution is -2.43. The van der Waals surface area contributed by atoms with E-state index in [1.807, 2.05) is 11.8 Å². The molecule has 0 spiro atoms. The molecule has 0 radical (unpaired) electrons. The van der Waals surface area contributed by atoms with Crippen molar-refractivity contribution in [3.63, 3.8) is 0 Å². The number of methoxy groups -OCH3 is 1. The Labute approximate surface area is 110 Å². The van der Waals surface area contributed by atoms with E-state index in [-0.39, 0.29) is 12.0 Å². The Morgan fingerprint density at radius 2 is 2.33 bits per heavy atom. The molecule has 0 bridgehead atoms. The molecule has 18 heavy (non-hydrogen) atoms. The highest BCUT2D eigenvalue weighted by Gasteiger charge is 2.25. The van der Waals surface area contributed by atoms with Gasteiger partial charge in [-0.3, -0.25) is 4.79 Å². The number of amides is 1. The van der Waals surface area contributed by atoms with Crippen LogP contribution in [0.4, 0.5) is 0 Å². The van der Waals surface area contributed by atoms with Crippen molar-refractivity contribution < 1.29 is 14.3 Å². The van der Waals surface area contributed by atoms with Crippen molar-refractivity contribution in [3.8, 4) is 0 Å². The van der Waals surface area contributed by atoms with Crippen LogP contribution in [0.25, 0.3) is 0 Å². The number of piperidine rings is 1. The third-order valence-electron chi connectivity index (χ3n) is 3.43. The molecule has 5 heteroatoms. The number of carbonyl (C=O) groups excluding carboxylic acids is 1. The van der Waals surface area contributed by atoms with Gasteiger partial charge in [0, 0.05) is 33.4 Å². The molecule has 1 fully saturated rings. The van der Waals surface area contributed by atoms with Gasteiger partial charge in [0.15, 0.2) is 0 Å². The second-order valence-corrected chi connectivity index (χ2v) is 4.81. The third kappa shape index (κ3) is 4.92. The lowest BCUT2D eigenvalue weighted by Gasteiger charge is -2.33. The van der Waals surface area contributed by atoms with Crippen LogP contribution in [0, 0.1) is 5.92 Å². The van der Waals surface area contributed by atoms with Gasteiger partial charge in [-0.25, -0.2) is 0 Å². The number of ether oxygens (including phenoxy) is 2. The molecule has 2 atom stereocenters. The number of carbonyl (C=O) groups is 1. The molecule has 1 rings (SSSR count). The fourth-order valence-electron chi connectivity index (χ4n) is 2.30. The van der Waals surface area contributed by atoms with Gasteiger partial charge in [-0.1, -0.05) is 0 Å². The van der Waals surface area contributed by atoms with Crippen molar-refractivity contribution in [1.29, 1.82) is 0 Å². The average molecular weight is 258 g/mol. The molecule has 2 N–H and O–H groups in total. The summed E-state index contributed by atoms with van der Waals surface area (Å²) in [4.78, 5) is 14.0. The van der Waals surface area contributed by atoms with E-state index in [9.17, 15) is 4.79 Å². The minimum absolute atomic E-state index is 0.147. The molecule has 0 aromatic heterocycles. The van der Waals surface area contributed by atoms with Crippen molar-refractivity contribution in [2.45, 2.75) is 32.3 Å². The van der Waals surface area contributed by atoms with Crippen LogP contribution in [0.3, 0.4) is 0 Å². The number of likely N-dealkylation sites (tertiary alicyclic amines) is 1. The summed E-state index contributed by atoms with van der Waals surface area (Å²) in [7, 11) is 1.60. The molecule has 1 aliphatic rings. The molecule has 1 aliphatic heterocycles. The Kier molecular flexibility index (Phi) is 7.23. The van der Waals surface area contributed by atoms with Crippen molar-refractivity contribution in [1.82, 2.24) is 4.90 Å². The summed E-state index contributed by atoms with van der Waals surface area (Å²) in [5, 5.41) is 0. The second-order valence-electron chi connectivity index (χ2n) is 4.81. The fraction of sp³-hybridized carbons (Fsp3) is 0.923. The maximum Gasteiger partial charge on any atom is 0.225 e. The molecular formula is C13H26N2O3. The van der Waals surface area contributed by atoms with E-state index in [0.717, 1.165) is 39.1 Å². The minimum Gasteiger partial charge on any atom is -0.381 e. The van der Waals surface area contributed by atoms with Gasteiger partial charge in [0.05, 0.1) is 19.1 Å². The predicted octanol–water partition coefficient (Wildman–Crippen LogP) is 0.625. The molecule has 1 heterocycles. The number of nitrogens with two attached hydrogens (primary N) is 1. The van der Waals surface area contributed by atoms with Crippen molar-refractivity contribution >= 4 is 5.91 Å². The van der Waals surface area contributed by atoms with E-state index in [1.54, 1.807) is 7.11 Å². The smallest absolute Gasteiger partial charge is 0.225 e. The van der Waals surface area contributed by atoms with E-state index in [0.29, 0.717) is 18.9 Å². The number of nitrogens with zero attached hydrogens (tertiary/aromatic N) is 1. The average Bonchev–Trinajstić information content (AvgIpc) is 2.42. The van der Waals surface area contributed by atoms with Gasteiger partial charge in [0.2, 0.25) is 5.91 Å². The van der Waals surface area contributed by atoms with Crippen molar-refractivity contribution in [2.24, 2.45) is 11.7 Å². The zero-order valence-corrected chi connectivity index (χ0v) is 11.6. The summed E-state index contributed by atoms with van der Waals surface area (Å²) in [6.45, 7) is 5.53. The maximum atomic E-state index is 12.1. The van der Waals surface area contributed by atoms with Crippen LogP contribution in [0.15, 0.2) is 0 Å². The van der Waals surface area contributed by atoms with E-state index in [2.05, 4.69) is 0 Å². The molecule has 106 valence electrons. The molecular weight excluding hydrogens is 232 g/mol. The monoisotopic (exact) mass is 258 g/mol. The normalized spacial score (nSPS) is 21.9. The van der Waals surface area contributed by atoms with Crippen LogP contribution in [0.5, 0.6) is 0 Å². The van der Waals surface area contributed by atoms with Crippen LogP contribution in [0.2, 0.25) is 0 Å². The summed E-state index contributed by atoms with van der Waals surface area (Å²) >= 11 is 0. The first-order valence-corrected chi connectivity index (χ1v) is 6.79. The van der Waals surface area contributed by atoms with Gasteiger partial charge >= 0.3 is 0 Å². The zero-order valence-electron chi connectivity index (χ0n) is 11.6. The van der Waals surface area contributed by atoms with Gasteiger partial charge in [0.25, 0.3) is 0 Å². The van der Waals surface area contributed by atoms with Crippen molar-refractivity contribution in [3.05, 3.63) is 0 Å². The summed E-state index contributed by atoms with van der Waals surface area (Å²) in [5.41, 5.74) is 5.54. The van der Waals surface area contributed by atoms with E-state index >= 15 is 0 Å². The number of hydrogen-bond acceptors (Lipinski definition) is 4. The number of rotatable bonds is 7. The topological polar surface area (TPSA) is 64.8 Å². The zero-order chi connectivity index (χ0) is 13.4. The Morgan fingerprint density at radius 3 is 2.94 bits per heavy atom. The molecule has 1 saturated heterocycles. The minimum atomic E-state index is -0.162. The van der Waals surface area contributed by atoms with Crippen LogP contribution in [-0.2, 0) is 14.3 Å². The van der Waals surface area contributed by atoms with E-state index < -0.39 is 0 Å². The molecule has 2 unspecified atom stereocenters. The molecule has 0 aliphatic carbocycles.